The van der Waals surface area contributed by atoms with Crippen molar-refractivity contribution in [3.8, 4) is 0 Å². The van der Waals surface area contributed by atoms with Crippen LogP contribution in [0.15, 0.2) is 72.8 Å². The molecule has 3 rings (SSSR count). The Morgan fingerprint density at radius 3 is 2.21 bits per heavy atom. The van der Waals surface area contributed by atoms with Gasteiger partial charge in [0.15, 0.2) is 0 Å². The Labute approximate surface area is 228 Å². The molecule has 0 aliphatic rings. The van der Waals surface area contributed by atoms with E-state index in [9.17, 15) is 24.3 Å². The summed E-state index contributed by atoms with van der Waals surface area (Å²) in [7, 11) is 0. The number of amides is 3. The van der Waals surface area contributed by atoms with Gasteiger partial charge in [0.05, 0.1) is 12.6 Å². The highest BCUT2D eigenvalue weighted by atomic mass is 16.4. The van der Waals surface area contributed by atoms with Crippen LogP contribution in [0.25, 0.3) is 10.8 Å². The summed E-state index contributed by atoms with van der Waals surface area (Å²) >= 11 is 0. The number of carboxylic acids is 1. The smallest absolute Gasteiger partial charge is 0.326 e. The van der Waals surface area contributed by atoms with Gasteiger partial charge in [-0.3, -0.25) is 14.4 Å². The summed E-state index contributed by atoms with van der Waals surface area (Å²) in [6.07, 6.45) is 1.000. The van der Waals surface area contributed by atoms with Gasteiger partial charge in [0.25, 0.3) is 0 Å². The Kier molecular flexibility index (Phi) is 10.6. The molecular weight excluding hydrogens is 496 g/mol. The minimum atomic E-state index is -1.18. The summed E-state index contributed by atoms with van der Waals surface area (Å²) in [5.74, 6) is -3.06. The molecule has 0 saturated carbocycles. The van der Waals surface area contributed by atoms with E-state index in [-0.39, 0.29) is 12.3 Å². The molecule has 6 N–H and O–H groups in total. The molecule has 3 aromatic carbocycles. The Hall–Kier alpha value is -4.24. The van der Waals surface area contributed by atoms with Crippen molar-refractivity contribution in [2.24, 2.45) is 11.7 Å². The number of rotatable bonds is 13. The van der Waals surface area contributed by atoms with Crippen LogP contribution >= 0.6 is 0 Å². The zero-order valence-electron chi connectivity index (χ0n) is 22.2. The topological polar surface area (TPSA) is 151 Å². The van der Waals surface area contributed by atoms with Gasteiger partial charge in [0, 0.05) is 6.42 Å². The zero-order chi connectivity index (χ0) is 28.4. The summed E-state index contributed by atoms with van der Waals surface area (Å²) in [5.41, 5.74) is 7.92. The first-order valence-electron chi connectivity index (χ1n) is 13.1. The SMILES string of the molecule is CC[C@H](C)[C@H](NC(=O)[C@@H](N)Cc1cccc2ccccc12)C(=O)NCC(=O)N[C@@H](Cc1ccccc1)C(=O)O. The molecule has 0 aliphatic heterocycles. The van der Waals surface area contributed by atoms with Crippen LogP contribution in [0, 0.1) is 5.92 Å². The number of nitrogens with two attached hydrogens (primary N) is 1. The van der Waals surface area contributed by atoms with Crippen LogP contribution in [0.5, 0.6) is 0 Å². The fraction of sp³-hybridized carbons (Fsp3) is 0.333. The number of carbonyl (C=O) groups is 4. The van der Waals surface area contributed by atoms with E-state index in [1.54, 1.807) is 24.3 Å². The second kappa shape index (κ2) is 14.1. The van der Waals surface area contributed by atoms with Crippen LogP contribution in [0.4, 0.5) is 0 Å². The molecule has 39 heavy (non-hydrogen) atoms. The highest BCUT2D eigenvalue weighted by molar-refractivity contribution is 5.93. The normalized spacial score (nSPS) is 14.0. The zero-order valence-corrected chi connectivity index (χ0v) is 22.2. The average molecular weight is 533 g/mol. The summed E-state index contributed by atoms with van der Waals surface area (Å²) in [6, 6.07) is 19.7. The number of fused-ring (bicyclic) bond motifs is 1. The molecule has 0 saturated heterocycles. The lowest BCUT2D eigenvalue weighted by atomic mass is 9.96. The third-order valence-corrected chi connectivity index (χ3v) is 6.79. The highest BCUT2D eigenvalue weighted by Crippen LogP contribution is 2.19. The summed E-state index contributed by atoms with van der Waals surface area (Å²) in [4.78, 5) is 50.1. The molecule has 3 amide bonds. The molecule has 206 valence electrons. The Morgan fingerprint density at radius 1 is 0.846 bits per heavy atom. The molecular formula is C30H36N4O5. The van der Waals surface area contributed by atoms with Crippen LogP contribution in [0.2, 0.25) is 0 Å². The molecule has 9 heteroatoms. The molecule has 0 aromatic heterocycles. The van der Waals surface area contributed by atoms with Crippen molar-refractivity contribution < 1.29 is 24.3 Å². The predicted molar refractivity (Wildman–Crippen MR) is 150 cm³/mol. The first-order chi connectivity index (χ1) is 18.7. The maximum atomic E-state index is 13.0. The fourth-order valence-corrected chi connectivity index (χ4v) is 4.33. The van der Waals surface area contributed by atoms with Gasteiger partial charge in [0.2, 0.25) is 17.7 Å². The predicted octanol–water partition coefficient (Wildman–Crippen LogP) is 2.17. The second-order valence-corrected chi connectivity index (χ2v) is 9.69. The number of benzene rings is 3. The number of aliphatic carboxylic acids is 1. The van der Waals surface area contributed by atoms with Crippen LogP contribution in [0.3, 0.4) is 0 Å². The van der Waals surface area contributed by atoms with Crippen LogP contribution < -0.4 is 21.7 Å². The highest BCUT2D eigenvalue weighted by Gasteiger charge is 2.29. The third kappa shape index (κ3) is 8.38. The fourth-order valence-electron chi connectivity index (χ4n) is 4.33. The third-order valence-electron chi connectivity index (χ3n) is 6.79. The van der Waals surface area contributed by atoms with Crippen molar-refractivity contribution in [3.05, 3.63) is 83.9 Å². The number of hydrogen-bond donors (Lipinski definition) is 5. The van der Waals surface area contributed by atoms with Gasteiger partial charge in [0.1, 0.15) is 12.1 Å². The van der Waals surface area contributed by atoms with Crippen LogP contribution in [0.1, 0.15) is 31.4 Å². The van der Waals surface area contributed by atoms with Crippen molar-refractivity contribution >= 4 is 34.5 Å². The van der Waals surface area contributed by atoms with Crippen molar-refractivity contribution in [2.45, 2.75) is 51.2 Å². The lowest BCUT2D eigenvalue weighted by molar-refractivity contribution is -0.141. The van der Waals surface area contributed by atoms with Gasteiger partial charge in [-0.05, 0) is 34.2 Å². The van der Waals surface area contributed by atoms with Crippen molar-refractivity contribution in [2.75, 3.05) is 6.54 Å². The van der Waals surface area contributed by atoms with Gasteiger partial charge in [-0.1, -0.05) is 93.1 Å². The summed E-state index contributed by atoms with van der Waals surface area (Å²) in [5, 5.41) is 19.3. The molecule has 3 aromatic rings. The molecule has 0 heterocycles. The molecule has 0 fully saturated rings. The lowest BCUT2D eigenvalue weighted by Crippen LogP contribution is -2.56. The molecule has 4 atom stereocenters. The maximum Gasteiger partial charge on any atom is 0.326 e. The number of nitrogens with one attached hydrogen (secondary N) is 3. The quantitative estimate of drug-likeness (QED) is 0.228. The van der Waals surface area contributed by atoms with Crippen molar-refractivity contribution in [3.63, 3.8) is 0 Å². The van der Waals surface area contributed by atoms with Crippen LogP contribution in [-0.4, -0.2) is 53.5 Å². The number of carboxylic acid groups (broad SMARTS) is 1. The van der Waals surface area contributed by atoms with E-state index < -0.39 is 48.4 Å². The van der Waals surface area contributed by atoms with Gasteiger partial charge in [-0.2, -0.15) is 0 Å². The minimum absolute atomic E-state index is 0.107. The maximum absolute atomic E-state index is 13.0. The minimum Gasteiger partial charge on any atom is -0.480 e. The molecule has 9 nitrogen and oxygen atoms in total. The van der Waals surface area contributed by atoms with Crippen LogP contribution in [-0.2, 0) is 32.0 Å². The van der Waals surface area contributed by atoms with Gasteiger partial charge >= 0.3 is 5.97 Å². The molecule has 0 bridgehead atoms. The number of carbonyl (C=O) groups excluding carboxylic acids is 3. The summed E-state index contributed by atoms with van der Waals surface area (Å²) < 4.78 is 0. The lowest BCUT2D eigenvalue weighted by Gasteiger charge is -2.25. The molecule has 0 unspecified atom stereocenters. The summed E-state index contributed by atoms with van der Waals surface area (Å²) in [6.45, 7) is 3.28. The van der Waals surface area contributed by atoms with E-state index in [2.05, 4.69) is 16.0 Å². The van der Waals surface area contributed by atoms with Gasteiger partial charge < -0.3 is 26.8 Å². The van der Waals surface area contributed by atoms with Gasteiger partial charge in [-0.15, -0.1) is 0 Å². The number of hydrogen-bond acceptors (Lipinski definition) is 5. The first-order valence-corrected chi connectivity index (χ1v) is 13.1. The molecule has 0 radical (unpaired) electrons. The Morgan fingerprint density at radius 2 is 1.51 bits per heavy atom. The van der Waals surface area contributed by atoms with E-state index in [0.717, 1.165) is 21.9 Å². The molecule has 0 spiro atoms. The standard InChI is InChI=1S/C30H36N4O5/c1-3-19(2)27(34-28(36)24(31)17-22-14-9-13-21-12-7-8-15-23(21)22)29(37)32-18-26(35)33-25(30(38)39)16-20-10-5-4-6-11-20/h4-15,19,24-25,27H,3,16-18,31H2,1-2H3,(H,32,37)(H,33,35)(H,34,36)(H,38,39)/t19-,24-,25-,27-/m0/s1. The van der Waals surface area contributed by atoms with E-state index in [1.165, 1.54) is 0 Å². The van der Waals surface area contributed by atoms with E-state index in [4.69, 9.17) is 5.73 Å². The second-order valence-electron chi connectivity index (χ2n) is 9.69. The van der Waals surface area contributed by atoms with Gasteiger partial charge in [-0.25, -0.2) is 4.79 Å². The Balaban J connectivity index is 1.58. The Bertz CT molecular complexity index is 1290. The largest absolute Gasteiger partial charge is 0.480 e. The van der Waals surface area contributed by atoms with E-state index >= 15 is 0 Å². The van der Waals surface area contributed by atoms with Crippen molar-refractivity contribution in [1.82, 2.24) is 16.0 Å². The van der Waals surface area contributed by atoms with Crippen molar-refractivity contribution in [1.29, 1.82) is 0 Å². The average Bonchev–Trinajstić information content (AvgIpc) is 2.94. The first kappa shape index (κ1) is 29.3. The van der Waals surface area contributed by atoms with E-state index in [0.29, 0.717) is 12.8 Å². The monoisotopic (exact) mass is 532 g/mol. The molecule has 0 aliphatic carbocycles. The van der Waals surface area contributed by atoms with E-state index in [1.807, 2.05) is 62.4 Å².